The van der Waals surface area contributed by atoms with Gasteiger partial charge in [-0.05, 0) is 44.4 Å². The SMILES string of the molecule is CC(=O)c1c(C)[nH]c(C(=O)N[C@H]2CCSc3ccccc32)c1C. The van der Waals surface area contributed by atoms with Crippen LogP contribution in [0, 0.1) is 13.8 Å². The number of fused-ring (bicyclic) bond motifs is 1. The minimum absolute atomic E-state index is 0.0173. The first kappa shape index (κ1) is 15.9. The minimum Gasteiger partial charge on any atom is -0.354 e. The third-order valence-electron chi connectivity index (χ3n) is 4.28. The van der Waals surface area contributed by atoms with E-state index >= 15 is 0 Å². The van der Waals surface area contributed by atoms with Crippen molar-refractivity contribution in [1.29, 1.82) is 0 Å². The number of carbonyl (C=O) groups excluding carboxylic acids is 2. The van der Waals surface area contributed by atoms with Crippen LogP contribution in [0.25, 0.3) is 0 Å². The molecular weight excluding hydrogens is 308 g/mol. The summed E-state index contributed by atoms with van der Waals surface area (Å²) in [6, 6.07) is 8.20. The molecular formula is C18H20N2O2S. The fourth-order valence-electron chi connectivity index (χ4n) is 3.23. The maximum Gasteiger partial charge on any atom is 0.268 e. The van der Waals surface area contributed by atoms with Crippen molar-refractivity contribution in [2.45, 2.75) is 38.1 Å². The van der Waals surface area contributed by atoms with Gasteiger partial charge in [-0.1, -0.05) is 18.2 Å². The summed E-state index contributed by atoms with van der Waals surface area (Å²) in [6.07, 6.45) is 0.908. The molecule has 0 saturated heterocycles. The van der Waals surface area contributed by atoms with E-state index in [0.29, 0.717) is 11.3 Å². The predicted octanol–water partition coefficient (Wildman–Crippen LogP) is 3.80. The molecule has 1 amide bonds. The fraction of sp³-hybridized carbons (Fsp3) is 0.333. The standard InChI is InChI=1S/C18H20N2O2S/c1-10-16(12(3)21)11(2)19-17(10)18(22)20-14-8-9-23-15-7-5-4-6-13(14)15/h4-7,14,19H,8-9H2,1-3H3,(H,20,22)/t14-/m0/s1. The summed E-state index contributed by atoms with van der Waals surface area (Å²) in [5.41, 5.74) is 3.76. The Balaban J connectivity index is 1.87. The molecule has 3 rings (SSSR count). The van der Waals surface area contributed by atoms with Gasteiger partial charge in [0, 0.05) is 21.9 Å². The van der Waals surface area contributed by atoms with Crippen molar-refractivity contribution in [3.05, 3.63) is 52.3 Å². The van der Waals surface area contributed by atoms with Crippen molar-refractivity contribution < 1.29 is 9.59 Å². The highest BCUT2D eigenvalue weighted by Crippen LogP contribution is 2.36. The van der Waals surface area contributed by atoms with Gasteiger partial charge in [-0.3, -0.25) is 9.59 Å². The van der Waals surface area contributed by atoms with Gasteiger partial charge in [-0.15, -0.1) is 11.8 Å². The van der Waals surface area contributed by atoms with Gasteiger partial charge in [0.1, 0.15) is 5.69 Å². The van der Waals surface area contributed by atoms with Gasteiger partial charge in [0.15, 0.2) is 5.78 Å². The van der Waals surface area contributed by atoms with Gasteiger partial charge >= 0.3 is 0 Å². The number of thioether (sulfide) groups is 1. The summed E-state index contributed by atoms with van der Waals surface area (Å²) >= 11 is 1.83. The molecule has 0 unspecified atom stereocenters. The molecule has 2 heterocycles. The summed E-state index contributed by atoms with van der Waals surface area (Å²) < 4.78 is 0. The van der Waals surface area contributed by atoms with Gasteiger partial charge in [0.05, 0.1) is 6.04 Å². The van der Waals surface area contributed by atoms with Gasteiger partial charge in [-0.25, -0.2) is 0 Å². The second-order valence-corrected chi connectivity index (χ2v) is 7.02. The molecule has 1 aliphatic heterocycles. The Morgan fingerprint density at radius 3 is 2.70 bits per heavy atom. The molecule has 23 heavy (non-hydrogen) atoms. The van der Waals surface area contributed by atoms with Crippen LogP contribution in [0.15, 0.2) is 29.2 Å². The first-order valence-corrected chi connectivity index (χ1v) is 8.70. The highest BCUT2D eigenvalue weighted by Gasteiger charge is 2.25. The van der Waals surface area contributed by atoms with Gasteiger partial charge in [-0.2, -0.15) is 0 Å². The van der Waals surface area contributed by atoms with Gasteiger partial charge in [0.25, 0.3) is 5.91 Å². The molecule has 2 N–H and O–H groups in total. The smallest absolute Gasteiger partial charge is 0.268 e. The zero-order valence-electron chi connectivity index (χ0n) is 13.5. The normalized spacial score (nSPS) is 16.7. The third kappa shape index (κ3) is 2.93. The summed E-state index contributed by atoms with van der Waals surface area (Å²) in [5, 5.41) is 3.12. The maximum absolute atomic E-state index is 12.7. The van der Waals surface area contributed by atoms with E-state index in [1.807, 2.05) is 37.7 Å². The van der Waals surface area contributed by atoms with Gasteiger partial charge in [0.2, 0.25) is 0 Å². The van der Waals surface area contributed by atoms with Crippen LogP contribution in [-0.4, -0.2) is 22.4 Å². The van der Waals surface area contributed by atoms with Crippen LogP contribution in [0.4, 0.5) is 0 Å². The Hall–Kier alpha value is -2.01. The summed E-state index contributed by atoms with van der Waals surface area (Å²) in [4.78, 5) is 28.7. The van der Waals surface area contributed by atoms with Crippen molar-refractivity contribution in [2.75, 3.05) is 5.75 Å². The van der Waals surface area contributed by atoms with Crippen molar-refractivity contribution in [3.8, 4) is 0 Å². The molecule has 120 valence electrons. The van der Waals surface area contributed by atoms with Crippen LogP contribution >= 0.6 is 11.8 Å². The van der Waals surface area contributed by atoms with E-state index in [9.17, 15) is 9.59 Å². The Morgan fingerprint density at radius 1 is 1.26 bits per heavy atom. The first-order chi connectivity index (χ1) is 11.0. The molecule has 0 saturated carbocycles. The monoisotopic (exact) mass is 328 g/mol. The van der Waals surface area contributed by atoms with Crippen molar-refractivity contribution in [1.82, 2.24) is 10.3 Å². The lowest BCUT2D eigenvalue weighted by Crippen LogP contribution is -2.31. The van der Waals surface area contributed by atoms with E-state index < -0.39 is 0 Å². The van der Waals surface area contributed by atoms with Crippen LogP contribution in [0.2, 0.25) is 0 Å². The Kier molecular flexibility index (Phi) is 4.31. The molecule has 1 aliphatic rings. The molecule has 1 atom stereocenters. The third-order valence-corrected chi connectivity index (χ3v) is 5.40. The number of H-pyrrole nitrogens is 1. The van der Waals surface area contributed by atoms with Crippen LogP contribution in [-0.2, 0) is 0 Å². The van der Waals surface area contributed by atoms with E-state index in [4.69, 9.17) is 0 Å². The lowest BCUT2D eigenvalue weighted by atomic mass is 10.0. The molecule has 5 heteroatoms. The van der Waals surface area contributed by atoms with E-state index in [0.717, 1.165) is 23.4 Å². The minimum atomic E-state index is -0.148. The van der Waals surface area contributed by atoms with Crippen molar-refractivity contribution >= 4 is 23.5 Å². The lowest BCUT2D eigenvalue weighted by molar-refractivity contribution is 0.0929. The molecule has 0 fully saturated rings. The van der Waals surface area contributed by atoms with E-state index in [-0.39, 0.29) is 17.7 Å². The topological polar surface area (TPSA) is 62.0 Å². The molecule has 4 nitrogen and oxygen atoms in total. The fourth-order valence-corrected chi connectivity index (χ4v) is 4.35. The number of nitrogens with one attached hydrogen (secondary N) is 2. The Labute approximate surface area is 140 Å². The lowest BCUT2D eigenvalue weighted by Gasteiger charge is -2.25. The number of benzene rings is 1. The molecule has 0 spiro atoms. The Bertz CT molecular complexity index is 779. The maximum atomic E-state index is 12.7. The van der Waals surface area contributed by atoms with Crippen LogP contribution in [0.3, 0.4) is 0 Å². The van der Waals surface area contributed by atoms with Crippen LogP contribution in [0.1, 0.15) is 57.1 Å². The number of carbonyl (C=O) groups is 2. The number of aryl methyl sites for hydroxylation is 1. The highest BCUT2D eigenvalue weighted by molar-refractivity contribution is 7.99. The zero-order valence-corrected chi connectivity index (χ0v) is 14.3. The highest BCUT2D eigenvalue weighted by atomic mass is 32.2. The molecule has 0 radical (unpaired) electrons. The number of aromatic nitrogens is 1. The molecule has 2 aromatic rings. The molecule has 0 bridgehead atoms. The average molecular weight is 328 g/mol. The second-order valence-electron chi connectivity index (χ2n) is 5.88. The largest absolute Gasteiger partial charge is 0.354 e. The molecule has 1 aromatic heterocycles. The van der Waals surface area contributed by atoms with Crippen molar-refractivity contribution in [3.63, 3.8) is 0 Å². The number of hydrogen-bond acceptors (Lipinski definition) is 3. The summed E-state index contributed by atoms with van der Waals surface area (Å²) in [6.45, 7) is 5.17. The Morgan fingerprint density at radius 2 is 2.00 bits per heavy atom. The molecule has 1 aromatic carbocycles. The number of ketones is 1. The van der Waals surface area contributed by atoms with Crippen molar-refractivity contribution in [2.24, 2.45) is 0 Å². The van der Waals surface area contributed by atoms with Crippen LogP contribution < -0.4 is 5.32 Å². The second kappa shape index (κ2) is 6.24. The van der Waals surface area contributed by atoms with E-state index in [1.165, 1.54) is 17.4 Å². The number of Topliss-reactive ketones (excluding diaryl/α,β-unsaturated/α-hetero) is 1. The zero-order chi connectivity index (χ0) is 16.6. The van der Waals surface area contributed by atoms with Gasteiger partial charge < -0.3 is 10.3 Å². The average Bonchev–Trinajstić information content (AvgIpc) is 2.82. The quantitative estimate of drug-likeness (QED) is 0.843. The number of hydrogen-bond donors (Lipinski definition) is 2. The number of amides is 1. The molecule has 0 aliphatic carbocycles. The first-order valence-electron chi connectivity index (χ1n) is 7.71. The number of aromatic amines is 1. The van der Waals surface area contributed by atoms with Crippen LogP contribution in [0.5, 0.6) is 0 Å². The predicted molar refractivity (Wildman–Crippen MR) is 92.3 cm³/mol. The number of rotatable bonds is 3. The van der Waals surface area contributed by atoms with E-state index in [1.54, 1.807) is 0 Å². The summed E-state index contributed by atoms with van der Waals surface area (Å²) in [5.74, 6) is 0.822. The summed E-state index contributed by atoms with van der Waals surface area (Å²) in [7, 11) is 0. The van der Waals surface area contributed by atoms with E-state index in [2.05, 4.69) is 22.4 Å².